The van der Waals surface area contributed by atoms with E-state index in [1.807, 2.05) is 26.5 Å². The second kappa shape index (κ2) is 13.8. The van der Waals surface area contributed by atoms with Crippen molar-refractivity contribution >= 4 is 23.8 Å². The first-order valence-electron chi connectivity index (χ1n) is 14.8. The zero-order chi connectivity index (χ0) is 30.5. The van der Waals surface area contributed by atoms with Gasteiger partial charge in [0.25, 0.3) is 6.43 Å². The van der Waals surface area contributed by atoms with Crippen LogP contribution in [0.3, 0.4) is 0 Å². The molecule has 3 saturated heterocycles. The zero-order valence-corrected chi connectivity index (χ0v) is 24.5. The van der Waals surface area contributed by atoms with Crippen LogP contribution < -0.4 is 15.5 Å². The molecule has 5 heterocycles. The molecule has 3 fully saturated rings. The second-order valence-electron chi connectivity index (χ2n) is 11.3. The van der Waals surface area contributed by atoms with Gasteiger partial charge in [-0.2, -0.15) is 15.0 Å². The van der Waals surface area contributed by atoms with Crippen LogP contribution >= 0.6 is 0 Å². The largest absolute Gasteiger partial charge is 0.378 e. The number of carbonyl (C=O) groups excluding carboxylic acids is 1. The summed E-state index contributed by atoms with van der Waals surface area (Å²) in [5.41, 5.74) is 5.06. The number of hydrogen-bond acceptors (Lipinski definition) is 12. The number of halogens is 2. The smallest absolute Gasteiger partial charge is 0.281 e. The Hall–Kier alpha value is -3.56. The molecule has 43 heavy (non-hydrogen) atoms. The van der Waals surface area contributed by atoms with E-state index >= 15 is 0 Å². The maximum absolute atomic E-state index is 13.9. The summed E-state index contributed by atoms with van der Waals surface area (Å²) < 4.78 is 33.4. The minimum absolute atomic E-state index is 0.000129. The van der Waals surface area contributed by atoms with Crippen molar-refractivity contribution in [3.63, 3.8) is 0 Å². The number of nitrogens with two attached hydrogens (primary N) is 1. The van der Waals surface area contributed by atoms with Gasteiger partial charge in [-0.15, -0.1) is 0 Å². The fourth-order valence-electron chi connectivity index (χ4n) is 5.93. The van der Waals surface area contributed by atoms with Crippen LogP contribution in [0.1, 0.15) is 44.7 Å². The van der Waals surface area contributed by atoms with E-state index in [0.29, 0.717) is 76.7 Å². The molecule has 2 aromatic heterocycles. The quantitative estimate of drug-likeness (QED) is 0.402. The Morgan fingerprint density at radius 3 is 2.65 bits per heavy atom. The maximum Gasteiger partial charge on any atom is 0.281 e. The number of aromatic nitrogens is 5. The molecule has 0 bridgehead atoms. The van der Waals surface area contributed by atoms with Crippen molar-refractivity contribution in [1.82, 2.24) is 34.7 Å². The molecule has 0 aliphatic carbocycles. The van der Waals surface area contributed by atoms with Gasteiger partial charge in [0.15, 0.2) is 5.82 Å². The number of hydrogen-bond donors (Lipinski definition) is 2. The normalized spacial score (nSPS) is 22.6. The minimum Gasteiger partial charge on any atom is -0.378 e. The van der Waals surface area contributed by atoms with Crippen molar-refractivity contribution in [2.75, 3.05) is 74.6 Å². The number of alkyl halides is 2. The van der Waals surface area contributed by atoms with Crippen LogP contribution in [0.25, 0.3) is 11.4 Å². The van der Waals surface area contributed by atoms with Gasteiger partial charge in [0.1, 0.15) is 11.9 Å². The van der Waals surface area contributed by atoms with E-state index in [4.69, 9.17) is 15.5 Å². The second-order valence-corrected chi connectivity index (χ2v) is 11.3. The third kappa shape index (κ3) is 7.33. The lowest BCUT2D eigenvalue weighted by molar-refractivity contribution is -0.127. The summed E-state index contributed by atoms with van der Waals surface area (Å²) in [6.45, 7) is 10.8. The number of aliphatic hydroxyl groups excluding tert-OH is 1. The molecule has 3 atom stereocenters. The fourth-order valence-corrected chi connectivity index (χ4v) is 5.93. The van der Waals surface area contributed by atoms with Crippen LogP contribution in [-0.2, 0) is 9.53 Å². The fraction of sp³-hybridized carbons (Fsp3) is 0.643. The molecule has 5 rings (SSSR count). The van der Waals surface area contributed by atoms with E-state index in [-0.39, 0.29) is 29.3 Å². The van der Waals surface area contributed by atoms with Gasteiger partial charge in [0.05, 0.1) is 24.8 Å². The van der Waals surface area contributed by atoms with Gasteiger partial charge < -0.3 is 30.3 Å². The van der Waals surface area contributed by atoms with Crippen LogP contribution in [0.5, 0.6) is 0 Å². The number of likely N-dealkylation sites (tertiary alicyclic amines) is 1. The van der Waals surface area contributed by atoms with Gasteiger partial charge in [-0.05, 0) is 44.6 Å². The number of carbonyl (C=O) groups is 1. The molecular formula is C28H40F2N10O3. The topological polar surface area (TPSA) is 150 Å². The zero-order valence-electron chi connectivity index (χ0n) is 24.5. The van der Waals surface area contributed by atoms with Crippen molar-refractivity contribution in [2.45, 2.75) is 51.3 Å². The number of morpholine rings is 1. The van der Waals surface area contributed by atoms with Crippen LogP contribution in [-0.4, -0.2) is 117 Å². The molecule has 1 amide bonds. The van der Waals surface area contributed by atoms with E-state index in [1.165, 1.54) is 12.3 Å². The van der Waals surface area contributed by atoms with Crippen LogP contribution in [0.15, 0.2) is 18.9 Å². The van der Waals surface area contributed by atoms with Crippen molar-refractivity contribution in [1.29, 1.82) is 0 Å². The average molecular weight is 603 g/mol. The Bertz CT molecular complexity index is 1280. The van der Waals surface area contributed by atoms with Gasteiger partial charge in [-0.25, -0.2) is 18.7 Å². The molecule has 2 aromatic rings. The predicted molar refractivity (Wildman–Crippen MR) is 156 cm³/mol. The number of piperazine rings is 1. The van der Waals surface area contributed by atoms with Gasteiger partial charge in [-0.3, -0.25) is 9.69 Å². The standard InChI is InChI=1S/C28H40F2N10O3/c1-3-21(41)39-8-4-5-19(16-39)6-7-22(42)37-9-11-38(12-10-37)27-34-25(20-15-32-26(31)33-23(20)24(29)30)35-28(36-27)40-13-14-43-17-18(40)2/h3,15,18-19,22,24,42H,1,4-14,16-17H2,2H3,(H2,31,32,33)/t18-,19+,22?/m0/s1. The molecule has 1 unspecified atom stereocenters. The lowest BCUT2D eigenvalue weighted by Crippen LogP contribution is -2.51. The number of ether oxygens (including phenoxy) is 1. The summed E-state index contributed by atoms with van der Waals surface area (Å²) in [6.07, 6.45) is 2.53. The minimum atomic E-state index is -2.89. The number of rotatable bonds is 9. The Morgan fingerprint density at radius 2 is 1.93 bits per heavy atom. The summed E-state index contributed by atoms with van der Waals surface area (Å²) in [6, 6.07) is -0.0211. The average Bonchev–Trinajstić information content (AvgIpc) is 3.03. The molecule has 13 nitrogen and oxygen atoms in total. The number of nitrogen functional groups attached to an aromatic ring is 1. The van der Waals surface area contributed by atoms with Crippen LogP contribution in [0, 0.1) is 5.92 Å². The third-order valence-electron chi connectivity index (χ3n) is 8.38. The summed E-state index contributed by atoms with van der Waals surface area (Å²) in [7, 11) is 0. The molecule has 3 aliphatic rings. The lowest BCUT2D eigenvalue weighted by Gasteiger charge is -2.39. The van der Waals surface area contributed by atoms with Crippen molar-refractivity contribution < 1.29 is 23.4 Å². The monoisotopic (exact) mass is 602 g/mol. The molecule has 3 aliphatic heterocycles. The molecule has 234 valence electrons. The van der Waals surface area contributed by atoms with E-state index in [2.05, 4.69) is 26.5 Å². The molecule has 0 spiro atoms. The van der Waals surface area contributed by atoms with Crippen molar-refractivity contribution in [3.05, 3.63) is 24.5 Å². The highest BCUT2D eigenvalue weighted by Gasteiger charge is 2.30. The third-order valence-corrected chi connectivity index (χ3v) is 8.38. The summed E-state index contributed by atoms with van der Waals surface area (Å²) in [4.78, 5) is 41.4. The highest BCUT2D eigenvalue weighted by atomic mass is 19.3. The predicted octanol–water partition coefficient (Wildman–Crippen LogP) is 1.72. The lowest BCUT2D eigenvalue weighted by atomic mass is 9.93. The Balaban J connectivity index is 1.29. The Morgan fingerprint density at radius 1 is 1.16 bits per heavy atom. The first-order valence-corrected chi connectivity index (χ1v) is 14.8. The van der Waals surface area contributed by atoms with Gasteiger partial charge in [0.2, 0.25) is 23.8 Å². The first kappa shape index (κ1) is 30.9. The van der Waals surface area contributed by atoms with E-state index in [9.17, 15) is 18.7 Å². The Kier molecular flexibility index (Phi) is 9.93. The van der Waals surface area contributed by atoms with Crippen molar-refractivity contribution in [2.24, 2.45) is 5.92 Å². The highest BCUT2D eigenvalue weighted by Crippen LogP contribution is 2.30. The number of amides is 1. The SMILES string of the molecule is C=CC(=O)N1CCC[C@H](CCC(O)N2CCN(c3nc(-c4cnc(N)nc4C(F)F)nc(N4CCOC[C@@H]4C)n3)CC2)C1. The van der Waals surface area contributed by atoms with Crippen LogP contribution in [0.4, 0.5) is 26.6 Å². The molecule has 0 saturated carbocycles. The van der Waals surface area contributed by atoms with E-state index in [1.54, 1.807) is 0 Å². The molecule has 3 N–H and O–H groups in total. The Labute approximate surface area is 249 Å². The summed E-state index contributed by atoms with van der Waals surface area (Å²) in [5.74, 6) is 0.840. The molecule has 0 aromatic carbocycles. The summed E-state index contributed by atoms with van der Waals surface area (Å²) >= 11 is 0. The van der Waals surface area contributed by atoms with E-state index < -0.39 is 18.3 Å². The van der Waals surface area contributed by atoms with Crippen LogP contribution in [0.2, 0.25) is 0 Å². The molecular weight excluding hydrogens is 562 g/mol. The van der Waals surface area contributed by atoms with E-state index in [0.717, 1.165) is 25.8 Å². The first-order chi connectivity index (χ1) is 20.7. The summed E-state index contributed by atoms with van der Waals surface area (Å²) in [5, 5.41) is 11.0. The molecule has 15 heteroatoms. The number of nitrogens with zero attached hydrogens (tertiary/aromatic N) is 9. The van der Waals surface area contributed by atoms with Gasteiger partial charge in [-0.1, -0.05) is 6.58 Å². The van der Waals surface area contributed by atoms with Crippen molar-refractivity contribution in [3.8, 4) is 11.4 Å². The van der Waals surface area contributed by atoms with Gasteiger partial charge in [0, 0.05) is 52.0 Å². The maximum atomic E-state index is 13.9. The number of piperidine rings is 1. The number of anilines is 3. The molecule has 0 radical (unpaired) electrons. The number of aliphatic hydroxyl groups is 1. The highest BCUT2D eigenvalue weighted by molar-refractivity contribution is 5.87. The van der Waals surface area contributed by atoms with Gasteiger partial charge >= 0.3 is 0 Å².